The molecule has 1 amide bonds. The van der Waals surface area contributed by atoms with E-state index in [0.717, 1.165) is 37.5 Å². The Labute approximate surface area is 158 Å². The van der Waals surface area contributed by atoms with Crippen LogP contribution in [-0.4, -0.2) is 54.5 Å². The van der Waals surface area contributed by atoms with Gasteiger partial charge >= 0.3 is 0 Å². The van der Waals surface area contributed by atoms with E-state index in [1.165, 1.54) is 32.4 Å². The van der Waals surface area contributed by atoms with Gasteiger partial charge < -0.3 is 14.5 Å². The molecule has 4 heteroatoms. The second-order valence-electron chi connectivity index (χ2n) is 8.21. The summed E-state index contributed by atoms with van der Waals surface area (Å²) in [6.45, 7) is 10.1. The van der Waals surface area contributed by atoms with Crippen molar-refractivity contribution in [1.29, 1.82) is 0 Å². The fourth-order valence-electron chi connectivity index (χ4n) is 4.15. The Morgan fingerprint density at radius 3 is 2.62 bits per heavy atom. The Morgan fingerprint density at radius 1 is 1.15 bits per heavy atom. The molecule has 1 aromatic rings. The third-order valence-corrected chi connectivity index (χ3v) is 5.91. The summed E-state index contributed by atoms with van der Waals surface area (Å²) >= 11 is 0. The van der Waals surface area contributed by atoms with Crippen molar-refractivity contribution in [3.05, 3.63) is 35.9 Å². The molecule has 0 N–H and O–H groups in total. The van der Waals surface area contributed by atoms with Crippen molar-refractivity contribution in [2.45, 2.75) is 52.2 Å². The molecule has 2 atom stereocenters. The van der Waals surface area contributed by atoms with E-state index >= 15 is 0 Å². The molecule has 144 valence electrons. The number of carbonyl (C=O) groups is 1. The first-order valence-corrected chi connectivity index (χ1v) is 10.3. The van der Waals surface area contributed by atoms with Gasteiger partial charge in [0.25, 0.3) is 5.91 Å². The summed E-state index contributed by atoms with van der Waals surface area (Å²) in [5.41, 5.74) is 1.11. The standard InChI is InChI=1S/C22H34N2O2/c1-18-10-13-23(14-11-18)15-21-9-6-12-24(16-21)22(25)19(2)26-17-20-7-4-3-5-8-20/h3-5,7-8,18-19,21H,6,9-17H2,1-2H3/t19-,21+/m0/s1. The van der Waals surface area contributed by atoms with E-state index in [0.29, 0.717) is 12.5 Å². The van der Waals surface area contributed by atoms with Crippen molar-refractivity contribution in [3.8, 4) is 0 Å². The van der Waals surface area contributed by atoms with Gasteiger partial charge in [0.1, 0.15) is 6.10 Å². The summed E-state index contributed by atoms with van der Waals surface area (Å²) in [4.78, 5) is 17.4. The van der Waals surface area contributed by atoms with Crippen molar-refractivity contribution < 1.29 is 9.53 Å². The van der Waals surface area contributed by atoms with Crippen LogP contribution < -0.4 is 0 Å². The molecule has 0 radical (unpaired) electrons. The number of rotatable bonds is 6. The van der Waals surface area contributed by atoms with Crippen molar-refractivity contribution in [2.75, 3.05) is 32.7 Å². The number of hydrogen-bond acceptors (Lipinski definition) is 3. The second-order valence-corrected chi connectivity index (χ2v) is 8.21. The Morgan fingerprint density at radius 2 is 1.88 bits per heavy atom. The zero-order valence-corrected chi connectivity index (χ0v) is 16.4. The van der Waals surface area contributed by atoms with Crippen LogP contribution in [-0.2, 0) is 16.1 Å². The van der Waals surface area contributed by atoms with Gasteiger partial charge in [0.2, 0.25) is 0 Å². The Kier molecular flexibility index (Phi) is 7.09. The van der Waals surface area contributed by atoms with Crippen molar-refractivity contribution >= 4 is 5.91 Å². The molecule has 0 aromatic heterocycles. The van der Waals surface area contributed by atoms with E-state index in [4.69, 9.17) is 4.74 Å². The zero-order chi connectivity index (χ0) is 18.4. The smallest absolute Gasteiger partial charge is 0.251 e. The molecule has 2 fully saturated rings. The molecular formula is C22H34N2O2. The van der Waals surface area contributed by atoms with E-state index in [1.807, 2.05) is 42.2 Å². The second kappa shape index (κ2) is 9.52. The average Bonchev–Trinajstić information content (AvgIpc) is 2.68. The third kappa shape index (κ3) is 5.55. The highest BCUT2D eigenvalue weighted by molar-refractivity contribution is 5.80. The molecule has 0 unspecified atom stereocenters. The highest BCUT2D eigenvalue weighted by Gasteiger charge is 2.29. The molecule has 26 heavy (non-hydrogen) atoms. The van der Waals surface area contributed by atoms with Crippen LogP contribution >= 0.6 is 0 Å². The van der Waals surface area contributed by atoms with Gasteiger partial charge in [0.15, 0.2) is 0 Å². The number of hydrogen-bond donors (Lipinski definition) is 0. The fourth-order valence-corrected chi connectivity index (χ4v) is 4.15. The quantitative estimate of drug-likeness (QED) is 0.779. The maximum absolute atomic E-state index is 12.8. The van der Waals surface area contributed by atoms with Crippen LogP contribution in [0.15, 0.2) is 30.3 Å². The lowest BCUT2D eigenvalue weighted by molar-refractivity contribution is -0.145. The predicted molar refractivity (Wildman–Crippen MR) is 105 cm³/mol. The molecule has 0 spiro atoms. The maximum Gasteiger partial charge on any atom is 0.251 e. The van der Waals surface area contributed by atoms with Gasteiger partial charge in [-0.2, -0.15) is 0 Å². The molecular weight excluding hydrogens is 324 g/mol. The van der Waals surface area contributed by atoms with E-state index < -0.39 is 0 Å². The molecule has 2 heterocycles. The molecule has 2 aliphatic rings. The predicted octanol–water partition coefficient (Wildman–Crippen LogP) is 3.56. The number of amides is 1. The van der Waals surface area contributed by atoms with Gasteiger partial charge in [0, 0.05) is 19.6 Å². The minimum Gasteiger partial charge on any atom is -0.364 e. The van der Waals surface area contributed by atoms with Crippen molar-refractivity contribution in [2.24, 2.45) is 11.8 Å². The van der Waals surface area contributed by atoms with Crippen LogP contribution in [0.3, 0.4) is 0 Å². The number of likely N-dealkylation sites (tertiary alicyclic amines) is 2. The van der Waals surface area contributed by atoms with Crippen LogP contribution in [0.4, 0.5) is 0 Å². The Bertz CT molecular complexity index is 555. The lowest BCUT2D eigenvalue weighted by Crippen LogP contribution is -2.48. The fraction of sp³-hybridized carbons (Fsp3) is 0.682. The van der Waals surface area contributed by atoms with Crippen LogP contribution in [0.1, 0.15) is 45.1 Å². The van der Waals surface area contributed by atoms with Crippen LogP contribution in [0, 0.1) is 11.8 Å². The van der Waals surface area contributed by atoms with Crippen LogP contribution in [0.5, 0.6) is 0 Å². The number of carbonyl (C=O) groups excluding carboxylic acids is 1. The van der Waals surface area contributed by atoms with Gasteiger partial charge in [-0.25, -0.2) is 0 Å². The average molecular weight is 359 g/mol. The summed E-state index contributed by atoms with van der Waals surface area (Å²) in [6, 6.07) is 10.1. The van der Waals surface area contributed by atoms with Gasteiger partial charge in [-0.3, -0.25) is 4.79 Å². The Balaban J connectivity index is 1.44. The van der Waals surface area contributed by atoms with Gasteiger partial charge in [-0.1, -0.05) is 37.3 Å². The summed E-state index contributed by atoms with van der Waals surface area (Å²) in [5, 5.41) is 0. The first-order valence-electron chi connectivity index (χ1n) is 10.3. The minimum absolute atomic E-state index is 0.151. The molecule has 0 bridgehead atoms. The van der Waals surface area contributed by atoms with Crippen molar-refractivity contribution in [1.82, 2.24) is 9.80 Å². The highest BCUT2D eigenvalue weighted by atomic mass is 16.5. The van der Waals surface area contributed by atoms with Crippen LogP contribution in [0.25, 0.3) is 0 Å². The molecule has 4 nitrogen and oxygen atoms in total. The molecule has 0 saturated carbocycles. The third-order valence-electron chi connectivity index (χ3n) is 5.91. The number of ether oxygens (including phenoxy) is 1. The summed E-state index contributed by atoms with van der Waals surface area (Å²) < 4.78 is 5.84. The summed E-state index contributed by atoms with van der Waals surface area (Å²) in [5.74, 6) is 1.64. The normalized spacial score (nSPS) is 23.8. The maximum atomic E-state index is 12.8. The van der Waals surface area contributed by atoms with E-state index in [2.05, 4.69) is 11.8 Å². The van der Waals surface area contributed by atoms with E-state index in [-0.39, 0.29) is 12.0 Å². The van der Waals surface area contributed by atoms with Gasteiger partial charge in [0.05, 0.1) is 6.61 Å². The number of benzene rings is 1. The summed E-state index contributed by atoms with van der Waals surface area (Å²) in [7, 11) is 0. The largest absolute Gasteiger partial charge is 0.364 e. The molecule has 0 aliphatic carbocycles. The molecule has 2 saturated heterocycles. The van der Waals surface area contributed by atoms with Crippen molar-refractivity contribution in [3.63, 3.8) is 0 Å². The monoisotopic (exact) mass is 358 g/mol. The first kappa shape index (κ1) is 19.4. The van der Waals surface area contributed by atoms with Gasteiger partial charge in [-0.15, -0.1) is 0 Å². The zero-order valence-electron chi connectivity index (χ0n) is 16.4. The molecule has 3 rings (SSSR count). The SMILES string of the molecule is CC1CCN(C[C@H]2CCCN(C(=O)[C@H](C)OCc3ccccc3)C2)CC1. The van der Waals surface area contributed by atoms with Gasteiger partial charge in [-0.05, 0) is 63.1 Å². The minimum atomic E-state index is -0.371. The Hall–Kier alpha value is -1.39. The van der Waals surface area contributed by atoms with E-state index in [9.17, 15) is 4.79 Å². The number of piperidine rings is 2. The van der Waals surface area contributed by atoms with E-state index in [1.54, 1.807) is 0 Å². The summed E-state index contributed by atoms with van der Waals surface area (Å²) in [6.07, 6.45) is 4.63. The topological polar surface area (TPSA) is 32.8 Å². The van der Waals surface area contributed by atoms with Crippen LogP contribution in [0.2, 0.25) is 0 Å². The molecule has 1 aromatic carbocycles. The molecule has 2 aliphatic heterocycles. The first-order chi connectivity index (χ1) is 12.6. The highest BCUT2D eigenvalue weighted by Crippen LogP contribution is 2.22. The lowest BCUT2D eigenvalue weighted by Gasteiger charge is -2.38. The lowest BCUT2D eigenvalue weighted by atomic mass is 9.94. The number of nitrogens with zero attached hydrogens (tertiary/aromatic N) is 2.